The summed E-state index contributed by atoms with van der Waals surface area (Å²) in [4.78, 5) is 17.0. The standard InChI is InChI=1S/C11H8N2.C4H6O3/c1-2-4-10-8(3-1)9-5-6-12-7-11(9)13-10;5-3-1-2-4(6)7/h1-7,13H;1,3,5H,2H2,(H,6,7). The van der Waals surface area contributed by atoms with Crippen LogP contribution in [0.1, 0.15) is 6.42 Å². The van der Waals surface area contributed by atoms with Gasteiger partial charge in [0.1, 0.15) is 0 Å². The number of fused-ring (bicyclic) bond motifs is 3. The van der Waals surface area contributed by atoms with Crippen LogP contribution in [0.15, 0.2) is 55.1 Å². The number of para-hydroxylation sites is 1. The molecule has 5 nitrogen and oxygen atoms in total. The van der Waals surface area contributed by atoms with Crippen LogP contribution in [0, 0.1) is 0 Å². The molecule has 3 aromatic rings. The molecule has 2 heterocycles. The summed E-state index contributed by atoms with van der Waals surface area (Å²) in [6.45, 7) is 0. The average molecular weight is 270 g/mol. The van der Waals surface area contributed by atoms with E-state index in [9.17, 15) is 4.79 Å². The Kier molecular flexibility index (Phi) is 4.34. The van der Waals surface area contributed by atoms with Crippen molar-refractivity contribution in [3.63, 3.8) is 0 Å². The summed E-state index contributed by atoms with van der Waals surface area (Å²) in [5, 5.41) is 18.3. The Morgan fingerprint density at radius 3 is 2.65 bits per heavy atom. The number of carbonyl (C=O) groups is 1. The predicted molar refractivity (Wildman–Crippen MR) is 77.6 cm³/mol. The topological polar surface area (TPSA) is 86.2 Å². The fraction of sp³-hybridized carbons (Fsp3) is 0.0667. The van der Waals surface area contributed by atoms with E-state index in [2.05, 4.69) is 28.2 Å². The Balaban J connectivity index is 0.000000182. The maximum Gasteiger partial charge on any atom is 0.307 e. The highest BCUT2D eigenvalue weighted by atomic mass is 16.4. The highest BCUT2D eigenvalue weighted by Gasteiger charge is 2.00. The fourth-order valence-electron chi connectivity index (χ4n) is 1.85. The summed E-state index contributed by atoms with van der Waals surface area (Å²) in [5.74, 6) is -0.940. The smallest absolute Gasteiger partial charge is 0.307 e. The number of pyridine rings is 1. The van der Waals surface area contributed by atoms with E-state index in [-0.39, 0.29) is 6.42 Å². The molecule has 2 aromatic heterocycles. The minimum absolute atomic E-state index is 0.115. The molecule has 0 unspecified atom stereocenters. The van der Waals surface area contributed by atoms with Crippen molar-refractivity contribution in [3.8, 4) is 0 Å². The number of aliphatic hydroxyl groups excluding tert-OH is 1. The van der Waals surface area contributed by atoms with Gasteiger partial charge in [0.2, 0.25) is 0 Å². The van der Waals surface area contributed by atoms with Crippen LogP contribution in [0.25, 0.3) is 21.8 Å². The molecule has 0 radical (unpaired) electrons. The molecule has 0 aliphatic carbocycles. The van der Waals surface area contributed by atoms with E-state index in [0.717, 1.165) is 11.6 Å². The van der Waals surface area contributed by atoms with E-state index in [4.69, 9.17) is 10.2 Å². The van der Waals surface area contributed by atoms with Crippen molar-refractivity contribution in [2.45, 2.75) is 6.42 Å². The number of aromatic amines is 1. The van der Waals surface area contributed by atoms with E-state index in [1.165, 1.54) is 16.3 Å². The lowest BCUT2D eigenvalue weighted by atomic mass is 10.2. The maximum atomic E-state index is 9.60. The SMILES string of the molecule is O=C(O)CC=CO.c1ccc2c(c1)[nH]c1cnccc12. The third-order valence-electron chi connectivity index (χ3n) is 2.71. The fourth-order valence-corrected chi connectivity index (χ4v) is 1.85. The number of nitrogens with zero attached hydrogens (tertiary/aromatic N) is 1. The number of carboxylic acid groups (broad SMARTS) is 1. The summed E-state index contributed by atoms with van der Waals surface area (Å²) in [6, 6.07) is 10.3. The van der Waals surface area contributed by atoms with Crippen LogP contribution in [0.3, 0.4) is 0 Å². The third-order valence-corrected chi connectivity index (χ3v) is 2.71. The van der Waals surface area contributed by atoms with Crippen molar-refractivity contribution >= 4 is 27.8 Å². The third kappa shape index (κ3) is 3.14. The van der Waals surface area contributed by atoms with Crippen molar-refractivity contribution in [1.82, 2.24) is 9.97 Å². The van der Waals surface area contributed by atoms with Crippen molar-refractivity contribution in [3.05, 3.63) is 55.1 Å². The molecule has 5 heteroatoms. The van der Waals surface area contributed by atoms with Crippen LogP contribution in [-0.2, 0) is 4.79 Å². The molecule has 3 N–H and O–H groups in total. The molecule has 0 saturated carbocycles. The van der Waals surface area contributed by atoms with Crippen molar-refractivity contribution in [2.24, 2.45) is 0 Å². The van der Waals surface area contributed by atoms with E-state index in [1.807, 2.05) is 24.5 Å². The molecule has 0 atom stereocenters. The minimum Gasteiger partial charge on any atom is -0.516 e. The number of hydrogen-bond acceptors (Lipinski definition) is 3. The lowest BCUT2D eigenvalue weighted by Crippen LogP contribution is -1.89. The molecule has 0 amide bonds. The molecule has 1 aromatic carbocycles. The summed E-state index contributed by atoms with van der Waals surface area (Å²) in [7, 11) is 0. The van der Waals surface area contributed by atoms with Crippen LogP contribution in [-0.4, -0.2) is 26.2 Å². The van der Waals surface area contributed by atoms with Crippen LogP contribution in [0.5, 0.6) is 0 Å². The highest BCUT2D eigenvalue weighted by Crippen LogP contribution is 2.23. The number of nitrogens with one attached hydrogen (secondary N) is 1. The minimum atomic E-state index is -0.940. The van der Waals surface area contributed by atoms with E-state index >= 15 is 0 Å². The van der Waals surface area contributed by atoms with Gasteiger partial charge in [0.05, 0.1) is 24.4 Å². The number of aliphatic hydroxyl groups is 1. The Bertz CT molecular complexity index is 697. The van der Waals surface area contributed by atoms with Crippen molar-refractivity contribution < 1.29 is 15.0 Å². The Hall–Kier alpha value is -2.82. The second-order valence-electron chi connectivity index (χ2n) is 4.07. The number of aromatic nitrogens is 2. The molecule has 3 rings (SSSR count). The molecule has 20 heavy (non-hydrogen) atoms. The number of aliphatic carboxylic acids is 1. The number of rotatable bonds is 2. The zero-order valence-corrected chi connectivity index (χ0v) is 10.7. The first-order valence-corrected chi connectivity index (χ1v) is 6.04. The average Bonchev–Trinajstić information content (AvgIpc) is 2.84. The van der Waals surface area contributed by atoms with Gasteiger partial charge in [0.25, 0.3) is 0 Å². The van der Waals surface area contributed by atoms with Gasteiger partial charge < -0.3 is 15.2 Å². The Morgan fingerprint density at radius 1 is 1.20 bits per heavy atom. The lowest BCUT2D eigenvalue weighted by Gasteiger charge is -1.87. The van der Waals surface area contributed by atoms with Gasteiger partial charge in [-0.1, -0.05) is 18.2 Å². The van der Waals surface area contributed by atoms with Gasteiger partial charge in [0.15, 0.2) is 0 Å². The maximum absolute atomic E-state index is 9.60. The summed E-state index contributed by atoms with van der Waals surface area (Å²) in [6.07, 6.45) is 5.44. The van der Waals surface area contributed by atoms with Crippen molar-refractivity contribution in [2.75, 3.05) is 0 Å². The first-order valence-electron chi connectivity index (χ1n) is 6.04. The zero-order valence-electron chi connectivity index (χ0n) is 10.7. The second-order valence-corrected chi connectivity index (χ2v) is 4.07. The van der Waals surface area contributed by atoms with Gasteiger partial charge in [-0.25, -0.2) is 0 Å². The van der Waals surface area contributed by atoms with E-state index < -0.39 is 5.97 Å². The number of carboxylic acids is 1. The molecule has 0 aliphatic rings. The van der Waals surface area contributed by atoms with Crippen LogP contribution < -0.4 is 0 Å². The van der Waals surface area contributed by atoms with Crippen LogP contribution >= 0.6 is 0 Å². The van der Waals surface area contributed by atoms with Gasteiger partial charge in [-0.15, -0.1) is 0 Å². The number of hydrogen-bond donors (Lipinski definition) is 3. The molecule has 0 spiro atoms. The largest absolute Gasteiger partial charge is 0.516 e. The molecule has 0 aliphatic heterocycles. The van der Waals surface area contributed by atoms with Gasteiger partial charge in [-0.2, -0.15) is 0 Å². The van der Waals surface area contributed by atoms with Gasteiger partial charge >= 0.3 is 5.97 Å². The molecule has 0 fully saturated rings. The first-order chi connectivity index (χ1) is 9.72. The van der Waals surface area contributed by atoms with Crippen molar-refractivity contribution in [1.29, 1.82) is 0 Å². The Morgan fingerprint density at radius 2 is 1.95 bits per heavy atom. The number of benzene rings is 1. The Labute approximate surface area is 115 Å². The zero-order chi connectivity index (χ0) is 14.4. The molecular weight excluding hydrogens is 256 g/mol. The first kappa shape index (κ1) is 13.6. The summed E-state index contributed by atoms with van der Waals surface area (Å²) in [5.41, 5.74) is 2.27. The van der Waals surface area contributed by atoms with E-state index in [1.54, 1.807) is 0 Å². The molecular formula is C15H14N2O3. The summed E-state index contributed by atoms with van der Waals surface area (Å²) < 4.78 is 0. The highest BCUT2D eigenvalue weighted by molar-refractivity contribution is 6.06. The summed E-state index contributed by atoms with van der Waals surface area (Å²) >= 11 is 0. The normalized spacial score (nSPS) is 10.6. The predicted octanol–water partition coefficient (Wildman–Crippen LogP) is 3.25. The monoisotopic (exact) mass is 270 g/mol. The number of H-pyrrole nitrogens is 1. The van der Waals surface area contributed by atoms with Crippen LogP contribution in [0.2, 0.25) is 0 Å². The van der Waals surface area contributed by atoms with Gasteiger partial charge in [-0.05, 0) is 18.2 Å². The second kappa shape index (κ2) is 6.38. The van der Waals surface area contributed by atoms with Gasteiger partial charge in [0, 0.05) is 22.5 Å². The quantitative estimate of drug-likeness (QED) is 0.624. The molecule has 0 saturated heterocycles. The van der Waals surface area contributed by atoms with E-state index in [0.29, 0.717) is 6.26 Å². The molecule has 102 valence electrons. The van der Waals surface area contributed by atoms with Crippen LogP contribution in [0.4, 0.5) is 0 Å². The van der Waals surface area contributed by atoms with Gasteiger partial charge in [-0.3, -0.25) is 9.78 Å². The molecule has 0 bridgehead atoms. The lowest BCUT2D eigenvalue weighted by molar-refractivity contribution is -0.136.